The largest absolute Gasteiger partial charge is 0.485 e. The third-order valence-electron chi connectivity index (χ3n) is 4.61. The van der Waals surface area contributed by atoms with Gasteiger partial charge in [-0.1, -0.05) is 0 Å². The monoisotopic (exact) mass is 404 g/mol. The molecule has 0 saturated heterocycles. The lowest BCUT2D eigenvalue weighted by Crippen LogP contribution is -2.34. The van der Waals surface area contributed by atoms with Gasteiger partial charge >= 0.3 is 0 Å². The highest BCUT2D eigenvalue weighted by Crippen LogP contribution is 2.30. The zero-order chi connectivity index (χ0) is 20.5. The Hall–Kier alpha value is -2.94. The molecule has 0 spiro atoms. The molecule has 2 aromatic carbocycles. The van der Waals surface area contributed by atoms with E-state index in [1.807, 2.05) is 0 Å². The molecule has 0 unspecified atom stereocenters. The molecule has 0 aromatic heterocycles. The van der Waals surface area contributed by atoms with Gasteiger partial charge in [-0.05, 0) is 55.7 Å². The van der Waals surface area contributed by atoms with Crippen molar-refractivity contribution in [1.82, 2.24) is 0 Å². The Morgan fingerprint density at radius 1 is 1.25 bits per heavy atom. The lowest BCUT2D eigenvalue weighted by Gasteiger charge is -2.29. The Balaban J connectivity index is 1.74. The van der Waals surface area contributed by atoms with E-state index in [0.717, 1.165) is 5.56 Å². The lowest BCUT2D eigenvalue weighted by atomic mass is 9.99. The molecule has 0 radical (unpaired) electrons. The fraction of sp³-hybridized carbons (Fsp3) is 0.316. The van der Waals surface area contributed by atoms with E-state index < -0.39 is 14.9 Å². The molecule has 2 aromatic rings. The summed E-state index contributed by atoms with van der Waals surface area (Å²) in [5, 5.41) is 10.9. The molecule has 3 rings (SSSR count). The number of hydrogen-bond acceptors (Lipinski definition) is 6. The topological polar surface area (TPSA) is 107 Å². The summed E-state index contributed by atoms with van der Waals surface area (Å²) in [5.74, 6) is 0.118. The highest BCUT2D eigenvalue weighted by molar-refractivity contribution is 7.92. The summed E-state index contributed by atoms with van der Waals surface area (Å²) in [6, 6.07) is 9.26. The third-order valence-corrected chi connectivity index (χ3v) is 5.79. The summed E-state index contributed by atoms with van der Waals surface area (Å²) < 4.78 is 30.7. The number of nitrogens with zero attached hydrogens (tertiary/aromatic N) is 2. The van der Waals surface area contributed by atoms with Crippen LogP contribution < -0.4 is 9.04 Å². The molecular weight excluding hydrogens is 384 g/mol. The second-order valence-corrected chi connectivity index (χ2v) is 8.61. The Morgan fingerprint density at radius 3 is 2.64 bits per heavy atom. The highest BCUT2D eigenvalue weighted by atomic mass is 32.2. The molecule has 0 fully saturated rings. The average molecular weight is 404 g/mol. The zero-order valence-electron chi connectivity index (χ0n) is 15.5. The van der Waals surface area contributed by atoms with Gasteiger partial charge in [0.1, 0.15) is 5.75 Å². The predicted octanol–water partition coefficient (Wildman–Crippen LogP) is 2.88. The van der Waals surface area contributed by atoms with Crippen LogP contribution in [-0.2, 0) is 16.4 Å². The molecule has 1 aliphatic heterocycles. The third kappa shape index (κ3) is 4.14. The lowest BCUT2D eigenvalue weighted by molar-refractivity contribution is -0.385. The number of carbonyl (C=O) groups is 1. The van der Waals surface area contributed by atoms with Gasteiger partial charge in [0, 0.05) is 23.7 Å². The summed E-state index contributed by atoms with van der Waals surface area (Å²) in [4.78, 5) is 22.9. The molecule has 1 aliphatic rings. The molecule has 0 saturated carbocycles. The van der Waals surface area contributed by atoms with Gasteiger partial charge in [0.05, 0.1) is 16.9 Å². The Morgan fingerprint density at radius 2 is 2.00 bits per heavy atom. The Labute approximate surface area is 162 Å². The van der Waals surface area contributed by atoms with E-state index >= 15 is 0 Å². The highest BCUT2D eigenvalue weighted by Gasteiger charge is 2.24. The van der Waals surface area contributed by atoms with Gasteiger partial charge in [0.15, 0.2) is 12.4 Å². The normalized spacial score (nSPS) is 13.7. The van der Waals surface area contributed by atoms with Crippen LogP contribution >= 0.6 is 0 Å². The van der Waals surface area contributed by atoms with E-state index in [0.29, 0.717) is 42.0 Å². The van der Waals surface area contributed by atoms with Gasteiger partial charge in [-0.25, -0.2) is 8.42 Å². The molecule has 1 heterocycles. The van der Waals surface area contributed by atoms with Crippen LogP contribution in [0, 0.1) is 17.0 Å². The summed E-state index contributed by atoms with van der Waals surface area (Å²) in [6.45, 7) is 1.82. The van der Waals surface area contributed by atoms with E-state index in [1.54, 1.807) is 25.1 Å². The van der Waals surface area contributed by atoms with Crippen LogP contribution in [0.1, 0.15) is 27.9 Å². The number of ketones is 1. The number of anilines is 1. The first-order valence-corrected chi connectivity index (χ1v) is 10.5. The molecule has 0 amide bonds. The summed E-state index contributed by atoms with van der Waals surface area (Å²) in [5.41, 5.74) is 2.30. The molecule has 28 heavy (non-hydrogen) atoms. The maximum atomic E-state index is 12.5. The quantitative estimate of drug-likeness (QED) is 0.416. The molecule has 0 atom stereocenters. The molecule has 9 heteroatoms. The van der Waals surface area contributed by atoms with Crippen molar-refractivity contribution >= 4 is 27.2 Å². The van der Waals surface area contributed by atoms with Gasteiger partial charge < -0.3 is 4.74 Å². The molecule has 8 nitrogen and oxygen atoms in total. The number of Topliss-reactive ketones (excluding diaryl/α,β-unsaturated/α-hetero) is 1. The van der Waals surface area contributed by atoms with E-state index in [9.17, 15) is 23.3 Å². The van der Waals surface area contributed by atoms with E-state index in [-0.39, 0.29) is 18.1 Å². The Kier molecular flexibility index (Phi) is 5.37. The number of hydrogen-bond donors (Lipinski definition) is 0. The molecule has 148 valence electrons. The van der Waals surface area contributed by atoms with Crippen LogP contribution in [0.2, 0.25) is 0 Å². The number of nitro groups is 1. The van der Waals surface area contributed by atoms with E-state index in [4.69, 9.17) is 4.74 Å². The van der Waals surface area contributed by atoms with Gasteiger partial charge in [-0.15, -0.1) is 0 Å². The van der Waals surface area contributed by atoms with Gasteiger partial charge in [-0.2, -0.15) is 0 Å². The van der Waals surface area contributed by atoms with Crippen LogP contribution in [0.25, 0.3) is 0 Å². The van der Waals surface area contributed by atoms with Crippen molar-refractivity contribution in [3.63, 3.8) is 0 Å². The van der Waals surface area contributed by atoms with Gasteiger partial charge in [0.25, 0.3) is 5.69 Å². The van der Waals surface area contributed by atoms with Crippen LogP contribution in [-0.4, -0.2) is 38.5 Å². The second-order valence-electron chi connectivity index (χ2n) is 6.70. The average Bonchev–Trinajstić information content (AvgIpc) is 2.64. The molecule has 0 N–H and O–H groups in total. The summed E-state index contributed by atoms with van der Waals surface area (Å²) >= 11 is 0. The van der Waals surface area contributed by atoms with Gasteiger partial charge in [0.2, 0.25) is 10.0 Å². The number of rotatable bonds is 6. The zero-order valence-corrected chi connectivity index (χ0v) is 16.4. The predicted molar refractivity (Wildman–Crippen MR) is 105 cm³/mol. The summed E-state index contributed by atoms with van der Waals surface area (Å²) in [7, 11) is -3.36. The first-order chi connectivity index (χ1) is 13.2. The number of ether oxygens (including phenoxy) is 1. The van der Waals surface area contributed by atoms with Crippen molar-refractivity contribution in [2.24, 2.45) is 0 Å². The minimum Gasteiger partial charge on any atom is -0.485 e. The van der Waals surface area contributed by atoms with Crippen molar-refractivity contribution in [3.8, 4) is 5.75 Å². The number of carbonyl (C=O) groups excluding carboxylic acids is 1. The first kappa shape index (κ1) is 19.8. The minimum atomic E-state index is -3.36. The first-order valence-electron chi connectivity index (χ1n) is 8.68. The van der Waals surface area contributed by atoms with Crippen LogP contribution in [0.3, 0.4) is 0 Å². The number of nitro benzene ring substituents is 1. The van der Waals surface area contributed by atoms with Gasteiger partial charge in [-0.3, -0.25) is 19.2 Å². The van der Waals surface area contributed by atoms with Crippen LogP contribution in [0.5, 0.6) is 5.75 Å². The smallest absolute Gasteiger partial charge is 0.272 e. The van der Waals surface area contributed by atoms with E-state index in [2.05, 4.69) is 0 Å². The number of fused-ring (bicyclic) bond motifs is 1. The van der Waals surface area contributed by atoms with Crippen molar-refractivity contribution in [3.05, 3.63) is 63.2 Å². The molecular formula is C19H20N2O6S. The van der Waals surface area contributed by atoms with Crippen LogP contribution in [0.15, 0.2) is 36.4 Å². The SMILES string of the molecule is Cc1cc(OCC(=O)c2ccc3c(c2)CCCN3S(C)(=O)=O)ccc1[N+](=O)[O-]. The second kappa shape index (κ2) is 7.59. The van der Waals surface area contributed by atoms with E-state index in [1.165, 1.54) is 28.8 Å². The van der Waals surface area contributed by atoms with Crippen molar-refractivity contribution in [2.45, 2.75) is 19.8 Å². The standard InChI is InChI=1S/C19H20N2O6S/c1-13-10-16(6-8-17(13)21(23)24)27-12-19(22)15-5-7-18-14(11-15)4-3-9-20(18)28(2,25)26/h5-8,10-11H,3-4,9,12H2,1-2H3. The van der Waals surface area contributed by atoms with Crippen molar-refractivity contribution in [2.75, 3.05) is 23.7 Å². The maximum absolute atomic E-state index is 12.5. The minimum absolute atomic E-state index is 0.0104. The summed E-state index contributed by atoms with van der Waals surface area (Å²) in [6.07, 6.45) is 2.56. The maximum Gasteiger partial charge on any atom is 0.272 e. The Bertz CT molecular complexity index is 1050. The van der Waals surface area contributed by atoms with Crippen LogP contribution in [0.4, 0.5) is 11.4 Å². The number of benzene rings is 2. The fourth-order valence-electron chi connectivity index (χ4n) is 3.24. The van der Waals surface area contributed by atoms with Crippen molar-refractivity contribution < 1.29 is 22.9 Å². The molecule has 0 bridgehead atoms. The number of aryl methyl sites for hydroxylation is 2. The fourth-order valence-corrected chi connectivity index (χ4v) is 4.23. The molecule has 0 aliphatic carbocycles. The van der Waals surface area contributed by atoms with Crippen molar-refractivity contribution in [1.29, 1.82) is 0 Å². The number of sulfonamides is 1.